The highest BCUT2D eigenvalue weighted by molar-refractivity contribution is 6.34. The number of hydrogen-bond acceptors (Lipinski definition) is 4. The molecule has 20 heavy (non-hydrogen) atoms. The number of benzene rings is 1. The Hall–Kier alpha value is -2.16. The number of nitrogens with one attached hydrogen (secondary N) is 1. The average Bonchev–Trinajstić information content (AvgIpc) is 2.50. The number of ether oxygens (including phenoxy) is 1. The summed E-state index contributed by atoms with van der Waals surface area (Å²) in [7, 11) is 0. The van der Waals surface area contributed by atoms with Crippen molar-refractivity contribution in [2.24, 2.45) is 0 Å². The Morgan fingerprint density at radius 2 is 2.25 bits per heavy atom. The van der Waals surface area contributed by atoms with Crippen LogP contribution < -0.4 is 10.1 Å². The molecule has 2 heterocycles. The van der Waals surface area contributed by atoms with E-state index in [1.165, 1.54) is 6.33 Å². The molecule has 0 fully saturated rings. The van der Waals surface area contributed by atoms with Crippen molar-refractivity contribution in [2.75, 3.05) is 6.54 Å². The summed E-state index contributed by atoms with van der Waals surface area (Å²) in [5.41, 5.74) is 2.31. The molecule has 6 heteroatoms. The highest BCUT2D eigenvalue weighted by Crippen LogP contribution is 2.37. The second-order valence-electron chi connectivity index (χ2n) is 4.33. The normalized spacial score (nSPS) is 13.4. The van der Waals surface area contributed by atoms with Gasteiger partial charge in [-0.1, -0.05) is 23.7 Å². The standard InChI is InChI=1S/C14H11ClN4O/c1-16-10-3-2-4-12(13(10)15)20-14-9-5-6-17-7-11(9)18-8-19-14/h2-4,8,17H,5-7H2. The van der Waals surface area contributed by atoms with Gasteiger partial charge in [0.15, 0.2) is 0 Å². The van der Waals surface area contributed by atoms with Gasteiger partial charge >= 0.3 is 0 Å². The van der Waals surface area contributed by atoms with Gasteiger partial charge in [-0.15, -0.1) is 0 Å². The first kappa shape index (κ1) is 12.9. The molecule has 3 rings (SSSR count). The Labute approximate surface area is 121 Å². The average molecular weight is 287 g/mol. The molecule has 0 spiro atoms. The van der Waals surface area contributed by atoms with Gasteiger partial charge in [0.05, 0.1) is 17.3 Å². The Kier molecular flexibility index (Phi) is 3.50. The maximum atomic E-state index is 7.06. The van der Waals surface area contributed by atoms with Crippen molar-refractivity contribution < 1.29 is 4.74 Å². The van der Waals surface area contributed by atoms with Crippen LogP contribution in [0.3, 0.4) is 0 Å². The molecule has 1 aliphatic rings. The van der Waals surface area contributed by atoms with Crippen molar-refractivity contribution in [1.29, 1.82) is 0 Å². The molecule has 1 aromatic carbocycles. The van der Waals surface area contributed by atoms with Gasteiger partial charge in [0.2, 0.25) is 11.6 Å². The largest absolute Gasteiger partial charge is 0.438 e. The molecular weight excluding hydrogens is 276 g/mol. The van der Waals surface area contributed by atoms with Crippen LogP contribution in [-0.4, -0.2) is 16.5 Å². The van der Waals surface area contributed by atoms with E-state index in [9.17, 15) is 0 Å². The molecule has 0 radical (unpaired) electrons. The maximum Gasteiger partial charge on any atom is 0.225 e. The van der Waals surface area contributed by atoms with Gasteiger partial charge in [0.25, 0.3) is 0 Å². The Morgan fingerprint density at radius 1 is 1.35 bits per heavy atom. The SMILES string of the molecule is [C-]#[N+]c1cccc(Oc2ncnc3c2CCNC3)c1Cl. The maximum absolute atomic E-state index is 7.06. The fourth-order valence-corrected chi connectivity index (χ4v) is 2.32. The minimum Gasteiger partial charge on any atom is -0.438 e. The number of rotatable bonds is 2. The molecule has 1 aromatic heterocycles. The summed E-state index contributed by atoms with van der Waals surface area (Å²) < 4.78 is 5.80. The molecular formula is C14H11ClN4O. The lowest BCUT2D eigenvalue weighted by Gasteiger charge is -2.18. The van der Waals surface area contributed by atoms with Gasteiger partial charge in [-0.25, -0.2) is 14.8 Å². The zero-order valence-corrected chi connectivity index (χ0v) is 11.3. The van der Waals surface area contributed by atoms with Crippen LogP contribution in [0.2, 0.25) is 5.02 Å². The van der Waals surface area contributed by atoms with Gasteiger partial charge in [0, 0.05) is 12.1 Å². The summed E-state index contributed by atoms with van der Waals surface area (Å²) in [6.07, 6.45) is 2.29. The third-order valence-corrected chi connectivity index (χ3v) is 3.49. The number of hydrogen-bond donors (Lipinski definition) is 1. The van der Waals surface area contributed by atoms with Crippen LogP contribution in [0, 0.1) is 6.57 Å². The van der Waals surface area contributed by atoms with E-state index in [1.54, 1.807) is 18.2 Å². The van der Waals surface area contributed by atoms with Crippen LogP contribution in [0.25, 0.3) is 4.85 Å². The minimum absolute atomic E-state index is 0.309. The predicted octanol–water partition coefficient (Wildman–Crippen LogP) is 3.12. The van der Waals surface area contributed by atoms with E-state index < -0.39 is 0 Å². The van der Waals surface area contributed by atoms with Gasteiger partial charge in [-0.05, 0) is 19.0 Å². The van der Waals surface area contributed by atoms with E-state index in [4.69, 9.17) is 22.9 Å². The van der Waals surface area contributed by atoms with E-state index in [0.29, 0.717) is 28.9 Å². The lowest BCUT2D eigenvalue weighted by molar-refractivity contribution is 0.446. The molecule has 1 N–H and O–H groups in total. The smallest absolute Gasteiger partial charge is 0.225 e. The summed E-state index contributed by atoms with van der Waals surface area (Å²) in [5, 5.41) is 3.56. The first-order valence-corrected chi connectivity index (χ1v) is 6.54. The van der Waals surface area contributed by atoms with E-state index >= 15 is 0 Å². The minimum atomic E-state index is 0.309. The lowest BCUT2D eigenvalue weighted by Crippen LogP contribution is -2.25. The summed E-state index contributed by atoms with van der Waals surface area (Å²) in [4.78, 5) is 11.8. The predicted molar refractivity (Wildman–Crippen MR) is 75.2 cm³/mol. The highest BCUT2D eigenvalue weighted by atomic mass is 35.5. The van der Waals surface area contributed by atoms with Crippen molar-refractivity contribution >= 4 is 17.3 Å². The van der Waals surface area contributed by atoms with Crippen LogP contribution in [0.4, 0.5) is 5.69 Å². The molecule has 2 aromatic rings. The van der Waals surface area contributed by atoms with Gasteiger partial charge in [-0.3, -0.25) is 0 Å². The van der Waals surface area contributed by atoms with Gasteiger partial charge in [0.1, 0.15) is 12.1 Å². The summed E-state index contributed by atoms with van der Waals surface area (Å²) >= 11 is 6.15. The molecule has 0 atom stereocenters. The third kappa shape index (κ3) is 2.31. The molecule has 0 unspecified atom stereocenters. The van der Waals surface area contributed by atoms with Crippen LogP contribution in [0.1, 0.15) is 11.3 Å². The molecule has 0 amide bonds. The zero-order chi connectivity index (χ0) is 13.9. The fraction of sp³-hybridized carbons (Fsp3) is 0.214. The second kappa shape index (κ2) is 5.45. The first-order valence-electron chi connectivity index (χ1n) is 6.17. The Morgan fingerprint density at radius 3 is 3.10 bits per heavy atom. The number of nitrogens with zero attached hydrogens (tertiary/aromatic N) is 3. The van der Waals surface area contributed by atoms with Gasteiger partial charge < -0.3 is 10.1 Å². The lowest BCUT2D eigenvalue weighted by atomic mass is 10.1. The molecule has 1 aliphatic heterocycles. The van der Waals surface area contributed by atoms with E-state index in [2.05, 4.69) is 20.1 Å². The molecule has 5 nitrogen and oxygen atoms in total. The van der Waals surface area contributed by atoms with Gasteiger partial charge in [-0.2, -0.15) is 0 Å². The Bertz CT molecular complexity index is 696. The first-order chi connectivity index (χ1) is 9.79. The Balaban J connectivity index is 1.98. The monoisotopic (exact) mass is 286 g/mol. The fourth-order valence-electron chi connectivity index (χ4n) is 2.11. The summed E-state index contributed by atoms with van der Waals surface area (Å²) in [5.74, 6) is 0.958. The van der Waals surface area contributed by atoms with Crippen molar-refractivity contribution in [3.05, 3.63) is 52.2 Å². The van der Waals surface area contributed by atoms with Crippen molar-refractivity contribution in [3.8, 4) is 11.6 Å². The van der Waals surface area contributed by atoms with Crippen molar-refractivity contribution in [1.82, 2.24) is 15.3 Å². The number of fused-ring (bicyclic) bond motifs is 1. The van der Waals surface area contributed by atoms with E-state index in [1.807, 2.05) is 0 Å². The van der Waals surface area contributed by atoms with Crippen molar-refractivity contribution in [2.45, 2.75) is 13.0 Å². The number of halogens is 1. The second-order valence-corrected chi connectivity index (χ2v) is 4.71. The van der Waals surface area contributed by atoms with Crippen LogP contribution in [0.5, 0.6) is 11.6 Å². The third-order valence-electron chi connectivity index (χ3n) is 3.11. The van der Waals surface area contributed by atoms with Crippen molar-refractivity contribution in [3.63, 3.8) is 0 Å². The topological polar surface area (TPSA) is 51.4 Å². The number of aromatic nitrogens is 2. The molecule has 0 bridgehead atoms. The zero-order valence-electron chi connectivity index (χ0n) is 10.6. The van der Waals surface area contributed by atoms with E-state index in [0.717, 1.165) is 24.2 Å². The molecule has 0 aliphatic carbocycles. The quantitative estimate of drug-likeness (QED) is 0.862. The summed E-state index contributed by atoms with van der Waals surface area (Å²) in [6, 6.07) is 5.12. The molecule has 0 saturated heterocycles. The summed E-state index contributed by atoms with van der Waals surface area (Å²) in [6.45, 7) is 8.64. The van der Waals surface area contributed by atoms with Crippen LogP contribution >= 0.6 is 11.6 Å². The molecule has 0 saturated carbocycles. The molecule has 100 valence electrons. The van der Waals surface area contributed by atoms with Crippen LogP contribution in [0.15, 0.2) is 24.5 Å². The van der Waals surface area contributed by atoms with Crippen LogP contribution in [-0.2, 0) is 13.0 Å². The highest BCUT2D eigenvalue weighted by Gasteiger charge is 2.18. The van der Waals surface area contributed by atoms with E-state index in [-0.39, 0.29) is 0 Å².